The first-order valence-electron chi connectivity index (χ1n) is 4.53. The molecule has 0 aliphatic rings. The third-order valence-electron chi connectivity index (χ3n) is 2.04. The molecule has 0 aromatic heterocycles. The van der Waals surface area contributed by atoms with Gasteiger partial charge in [0.1, 0.15) is 5.75 Å². The van der Waals surface area contributed by atoms with Gasteiger partial charge in [0.25, 0.3) is 0 Å². The van der Waals surface area contributed by atoms with Gasteiger partial charge in [-0.3, -0.25) is 0 Å². The third kappa shape index (κ3) is 3.20. The van der Waals surface area contributed by atoms with Crippen LogP contribution in [0.4, 0.5) is 0 Å². The predicted molar refractivity (Wildman–Crippen MR) is 62.3 cm³/mol. The summed E-state index contributed by atoms with van der Waals surface area (Å²) in [6.45, 7) is 4.05. The number of aryl methyl sites for hydroxylation is 1. The molecule has 1 rings (SSSR count). The summed E-state index contributed by atoms with van der Waals surface area (Å²) >= 11 is 0. The third-order valence-corrected chi connectivity index (χ3v) is 2.04. The maximum Gasteiger partial charge on any atom is 0.125 e. The normalized spacial score (nSPS) is 11.7. The highest BCUT2D eigenvalue weighted by Crippen LogP contribution is 2.23. The van der Waals surface area contributed by atoms with E-state index in [9.17, 15) is 0 Å². The Labute approximate surface area is 91.9 Å². The number of rotatable bonds is 3. The minimum atomic E-state index is 0. The Balaban J connectivity index is 0.00000169. The van der Waals surface area contributed by atoms with E-state index in [-0.39, 0.29) is 18.4 Å². The van der Waals surface area contributed by atoms with Gasteiger partial charge in [-0.05, 0) is 31.4 Å². The topological polar surface area (TPSA) is 35.2 Å². The van der Waals surface area contributed by atoms with Crippen LogP contribution in [0, 0.1) is 6.92 Å². The number of para-hydroxylation sites is 1. The standard InChI is InChI=1S/C11H17NO.ClH/c1-8-5-4-6-10(7-9(2)12)11(8)13-3;/h4-6,9H,7,12H2,1-3H3;1H. The van der Waals surface area contributed by atoms with E-state index in [4.69, 9.17) is 10.5 Å². The number of ether oxygens (including phenoxy) is 1. The van der Waals surface area contributed by atoms with Crippen LogP contribution < -0.4 is 10.5 Å². The molecule has 0 aliphatic heterocycles. The van der Waals surface area contributed by atoms with Gasteiger partial charge < -0.3 is 10.5 Å². The van der Waals surface area contributed by atoms with Crippen molar-refractivity contribution in [3.05, 3.63) is 29.3 Å². The minimum absolute atomic E-state index is 0. The van der Waals surface area contributed by atoms with Crippen molar-refractivity contribution in [1.29, 1.82) is 0 Å². The van der Waals surface area contributed by atoms with Gasteiger partial charge in [-0.15, -0.1) is 12.4 Å². The molecule has 1 aromatic rings. The van der Waals surface area contributed by atoms with Gasteiger partial charge in [0.2, 0.25) is 0 Å². The molecule has 0 aliphatic carbocycles. The van der Waals surface area contributed by atoms with Gasteiger partial charge in [-0.25, -0.2) is 0 Å². The summed E-state index contributed by atoms with van der Waals surface area (Å²) in [7, 11) is 1.70. The maximum absolute atomic E-state index is 5.74. The second-order valence-corrected chi connectivity index (χ2v) is 3.45. The molecular weight excluding hydrogens is 198 g/mol. The Morgan fingerprint density at radius 2 is 2.07 bits per heavy atom. The maximum atomic E-state index is 5.74. The van der Waals surface area contributed by atoms with Crippen LogP contribution in [0.5, 0.6) is 5.75 Å². The zero-order chi connectivity index (χ0) is 9.84. The molecule has 0 saturated heterocycles. The fourth-order valence-corrected chi connectivity index (χ4v) is 1.51. The highest BCUT2D eigenvalue weighted by molar-refractivity contribution is 5.85. The molecule has 80 valence electrons. The summed E-state index contributed by atoms with van der Waals surface area (Å²) in [6.07, 6.45) is 0.866. The number of methoxy groups -OCH3 is 1. The first-order valence-corrected chi connectivity index (χ1v) is 4.53. The number of halogens is 1. The smallest absolute Gasteiger partial charge is 0.125 e. The molecule has 0 bridgehead atoms. The van der Waals surface area contributed by atoms with E-state index in [2.05, 4.69) is 6.07 Å². The fraction of sp³-hybridized carbons (Fsp3) is 0.455. The van der Waals surface area contributed by atoms with Crippen LogP contribution in [0.15, 0.2) is 18.2 Å². The Morgan fingerprint density at radius 1 is 1.43 bits per heavy atom. The average molecular weight is 216 g/mol. The molecule has 3 heteroatoms. The van der Waals surface area contributed by atoms with Gasteiger partial charge in [-0.1, -0.05) is 18.2 Å². The van der Waals surface area contributed by atoms with Gasteiger partial charge >= 0.3 is 0 Å². The summed E-state index contributed by atoms with van der Waals surface area (Å²) in [5.74, 6) is 0.972. The molecule has 0 amide bonds. The van der Waals surface area contributed by atoms with Gasteiger partial charge in [-0.2, -0.15) is 0 Å². The van der Waals surface area contributed by atoms with E-state index in [0.717, 1.165) is 12.2 Å². The summed E-state index contributed by atoms with van der Waals surface area (Å²) in [6, 6.07) is 6.32. The van der Waals surface area contributed by atoms with Crippen molar-refractivity contribution in [1.82, 2.24) is 0 Å². The largest absolute Gasteiger partial charge is 0.496 e. The minimum Gasteiger partial charge on any atom is -0.496 e. The molecule has 2 nitrogen and oxygen atoms in total. The number of benzene rings is 1. The van der Waals surface area contributed by atoms with E-state index >= 15 is 0 Å². The van der Waals surface area contributed by atoms with E-state index in [0.29, 0.717) is 0 Å². The van der Waals surface area contributed by atoms with E-state index in [1.54, 1.807) is 7.11 Å². The number of hydrogen-bond acceptors (Lipinski definition) is 2. The number of hydrogen-bond donors (Lipinski definition) is 1. The first kappa shape index (κ1) is 13.3. The number of nitrogens with two attached hydrogens (primary N) is 1. The lowest BCUT2D eigenvalue weighted by atomic mass is 10.0. The zero-order valence-electron chi connectivity index (χ0n) is 8.91. The Bertz CT molecular complexity index is 287. The van der Waals surface area contributed by atoms with E-state index < -0.39 is 0 Å². The van der Waals surface area contributed by atoms with Crippen molar-refractivity contribution in [2.45, 2.75) is 26.3 Å². The fourth-order valence-electron chi connectivity index (χ4n) is 1.51. The lowest BCUT2D eigenvalue weighted by Gasteiger charge is -2.12. The molecule has 1 atom stereocenters. The molecule has 14 heavy (non-hydrogen) atoms. The highest BCUT2D eigenvalue weighted by Gasteiger charge is 2.06. The first-order chi connectivity index (χ1) is 6.15. The van der Waals surface area contributed by atoms with Crippen molar-refractivity contribution < 1.29 is 4.74 Å². The van der Waals surface area contributed by atoms with Crippen LogP contribution in [-0.4, -0.2) is 13.2 Å². The average Bonchev–Trinajstić information content (AvgIpc) is 2.03. The van der Waals surface area contributed by atoms with Crippen molar-refractivity contribution >= 4 is 12.4 Å². The zero-order valence-corrected chi connectivity index (χ0v) is 9.73. The lowest BCUT2D eigenvalue weighted by Crippen LogP contribution is -2.18. The molecule has 1 unspecified atom stereocenters. The molecule has 0 fully saturated rings. The molecule has 1 aromatic carbocycles. The SMILES string of the molecule is COc1c(C)cccc1CC(C)N.Cl. The lowest BCUT2D eigenvalue weighted by molar-refractivity contribution is 0.405. The Hall–Kier alpha value is -0.730. The van der Waals surface area contributed by atoms with Crippen LogP contribution in [0.3, 0.4) is 0 Å². The van der Waals surface area contributed by atoms with Crippen molar-refractivity contribution in [2.24, 2.45) is 5.73 Å². The van der Waals surface area contributed by atoms with Gasteiger partial charge in [0, 0.05) is 6.04 Å². The summed E-state index contributed by atoms with van der Waals surface area (Å²) in [5, 5.41) is 0. The Kier molecular flexibility index (Phi) is 5.58. The summed E-state index contributed by atoms with van der Waals surface area (Å²) < 4.78 is 5.32. The molecule has 0 radical (unpaired) electrons. The molecular formula is C11H18ClNO. The van der Waals surface area contributed by atoms with Crippen LogP contribution in [0.1, 0.15) is 18.1 Å². The second kappa shape index (κ2) is 5.89. The highest BCUT2D eigenvalue weighted by atomic mass is 35.5. The van der Waals surface area contributed by atoms with Gasteiger partial charge in [0.05, 0.1) is 7.11 Å². The van der Waals surface area contributed by atoms with Crippen LogP contribution in [0.25, 0.3) is 0 Å². The monoisotopic (exact) mass is 215 g/mol. The van der Waals surface area contributed by atoms with E-state index in [1.807, 2.05) is 26.0 Å². The van der Waals surface area contributed by atoms with Crippen LogP contribution in [-0.2, 0) is 6.42 Å². The summed E-state index contributed by atoms with van der Waals surface area (Å²) in [4.78, 5) is 0. The molecule has 0 saturated carbocycles. The van der Waals surface area contributed by atoms with E-state index in [1.165, 1.54) is 11.1 Å². The predicted octanol–water partition coefficient (Wildman–Crippen LogP) is 2.32. The van der Waals surface area contributed by atoms with Crippen LogP contribution >= 0.6 is 12.4 Å². The molecule has 2 N–H and O–H groups in total. The Morgan fingerprint density at radius 3 is 2.57 bits per heavy atom. The molecule has 0 spiro atoms. The summed E-state index contributed by atoms with van der Waals surface area (Å²) in [5.41, 5.74) is 8.10. The van der Waals surface area contributed by atoms with Crippen molar-refractivity contribution in [2.75, 3.05) is 7.11 Å². The quantitative estimate of drug-likeness (QED) is 0.840. The van der Waals surface area contributed by atoms with Crippen LogP contribution in [0.2, 0.25) is 0 Å². The van der Waals surface area contributed by atoms with Crippen molar-refractivity contribution in [3.8, 4) is 5.75 Å². The molecule has 0 heterocycles. The van der Waals surface area contributed by atoms with Gasteiger partial charge in [0.15, 0.2) is 0 Å². The van der Waals surface area contributed by atoms with Crippen molar-refractivity contribution in [3.63, 3.8) is 0 Å². The second-order valence-electron chi connectivity index (χ2n) is 3.45.